The molecule has 1 aliphatic rings. The lowest BCUT2D eigenvalue weighted by molar-refractivity contribution is -0.122. The molecule has 1 fully saturated rings. The molecule has 3 nitrogen and oxygen atoms in total. The summed E-state index contributed by atoms with van der Waals surface area (Å²) in [6, 6.07) is 0.423. The molecule has 0 aromatic carbocycles. The van der Waals surface area contributed by atoms with Gasteiger partial charge in [-0.1, -0.05) is 19.3 Å². The molecule has 3 heteroatoms. The summed E-state index contributed by atoms with van der Waals surface area (Å²) in [6.45, 7) is 0.359. The van der Waals surface area contributed by atoms with E-state index < -0.39 is 0 Å². The zero-order valence-electron chi connectivity index (χ0n) is 8.14. The van der Waals surface area contributed by atoms with Gasteiger partial charge in [-0.25, -0.2) is 0 Å². The molecule has 0 aromatic rings. The maximum atomic E-state index is 11.3. The molecule has 0 radical (unpaired) electrons. The average molecular weight is 186 g/mol. The summed E-state index contributed by atoms with van der Waals surface area (Å²) in [4.78, 5) is 11.3. The smallest absolute Gasteiger partial charge is 0.220 e. The summed E-state index contributed by atoms with van der Waals surface area (Å²) >= 11 is 0. The van der Waals surface area contributed by atoms with Crippen molar-refractivity contribution in [2.75, 3.05) is 6.61 Å². The highest BCUT2D eigenvalue weighted by Gasteiger charge is 2.14. The quantitative estimate of drug-likeness (QED) is 0.653. The third-order valence-corrected chi connectivity index (χ3v) is 2.55. The van der Waals surface area contributed by atoms with E-state index in [0.29, 0.717) is 25.5 Å². The van der Waals surface area contributed by atoms with Crippen LogP contribution in [0.3, 0.4) is 0 Å². The van der Waals surface area contributed by atoms with Crippen molar-refractivity contribution in [2.45, 2.75) is 51.0 Å². The summed E-state index contributed by atoms with van der Waals surface area (Å²) in [6.07, 6.45) is 7.34. The number of amides is 1. The molecule has 3 N–H and O–H groups in total. The Kier molecular flexibility index (Phi) is 4.83. The summed E-state index contributed by atoms with van der Waals surface area (Å²) in [5, 5.41) is 9.97. The van der Waals surface area contributed by atoms with E-state index in [-0.39, 0.29) is 5.91 Å². The summed E-state index contributed by atoms with van der Waals surface area (Å²) in [5.74, 6) is 0.138. The molecule has 0 aromatic heterocycles. The third-order valence-electron chi connectivity index (χ3n) is 2.55. The lowest BCUT2D eigenvalue weighted by Crippen LogP contribution is -2.36. The number of carbonyl (C=O) groups excluding carboxylic acids is 1. The highest BCUT2D eigenvalue weighted by Crippen LogP contribution is 2.17. The van der Waals surface area contributed by atoms with Crippen molar-refractivity contribution in [3.05, 3.63) is 0 Å². The molecule has 0 saturated heterocycles. The minimum atomic E-state index is 0.138. The van der Waals surface area contributed by atoms with E-state index in [1.807, 2.05) is 0 Å². The van der Waals surface area contributed by atoms with E-state index in [1.54, 1.807) is 0 Å². The van der Waals surface area contributed by atoms with Crippen LogP contribution in [0.2, 0.25) is 0 Å². The van der Waals surface area contributed by atoms with Crippen molar-refractivity contribution in [3.63, 3.8) is 0 Å². The fraction of sp³-hybridized carbons (Fsp3) is 0.900. The molecule has 0 unspecified atom stereocenters. The molecule has 76 valence electrons. The van der Waals surface area contributed by atoms with Crippen molar-refractivity contribution >= 4 is 5.91 Å². The van der Waals surface area contributed by atoms with E-state index >= 15 is 0 Å². The molecule has 0 spiro atoms. The zero-order chi connectivity index (χ0) is 9.52. The Bertz CT molecular complexity index is 153. The fourth-order valence-electron chi connectivity index (χ4n) is 1.80. The second-order valence-electron chi connectivity index (χ2n) is 3.76. The van der Waals surface area contributed by atoms with Crippen LogP contribution < -0.4 is 5.32 Å². The first kappa shape index (κ1) is 10.5. The number of hydrogen-bond acceptors (Lipinski definition) is 1. The molecule has 1 saturated carbocycles. The first-order chi connectivity index (χ1) is 6.33. The van der Waals surface area contributed by atoms with Gasteiger partial charge in [0, 0.05) is 18.9 Å². The monoisotopic (exact) mass is 186 g/mol. The predicted molar refractivity (Wildman–Crippen MR) is 52.7 cm³/mol. The van der Waals surface area contributed by atoms with Gasteiger partial charge in [-0.15, -0.1) is 0 Å². The average Bonchev–Trinajstić information content (AvgIpc) is 2.16. The van der Waals surface area contributed by atoms with Gasteiger partial charge in [-0.05, 0) is 12.8 Å². The standard InChI is InChI=1S/C10H19NO2/c12-8-4-7-10(13)11-9-5-2-1-3-6-9/h9,12H,1-8H2,(H,11,13)/p+1. The number of rotatable bonds is 4. The van der Waals surface area contributed by atoms with Gasteiger partial charge < -0.3 is 10.4 Å². The Morgan fingerprint density at radius 2 is 2.00 bits per heavy atom. The summed E-state index contributed by atoms with van der Waals surface area (Å²) in [7, 11) is 0. The first-order valence-electron chi connectivity index (χ1n) is 5.27. The van der Waals surface area contributed by atoms with Crippen LogP contribution in [0.4, 0.5) is 0 Å². The maximum Gasteiger partial charge on any atom is 0.220 e. The molecule has 0 aliphatic heterocycles. The lowest BCUT2D eigenvalue weighted by Gasteiger charge is -2.22. The number of nitrogens with one attached hydrogen (secondary N) is 1. The number of carbonyl (C=O) groups is 1. The maximum absolute atomic E-state index is 11.3. The lowest BCUT2D eigenvalue weighted by atomic mass is 9.95. The Hall–Kier alpha value is -0.570. The third kappa shape index (κ3) is 4.27. The van der Waals surface area contributed by atoms with Gasteiger partial charge >= 0.3 is 0 Å². The molecule has 0 atom stereocenters. The van der Waals surface area contributed by atoms with Gasteiger partial charge in [0.2, 0.25) is 5.91 Å². The molecule has 13 heavy (non-hydrogen) atoms. The van der Waals surface area contributed by atoms with Crippen molar-refractivity contribution < 1.29 is 9.90 Å². The molecule has 1 amide bonds. The minimum Gasteiger partial charge on any atom is -0.445 e. The largest absolute Gasteiger partial charge is 0.445 e. The van der Waals surface area contributed by atoms with Crippen LogP contribution in [0.15, 0.2) is 0 Å². The highest BCUT2D eigenvalue weighted by atomic mass is 16.3. The molecule has 1 rings (SSSR count). The minimum absolute atomic E-state index is 0.138. The van der Waals surface area contributed by atoms with E-state index in [2.05, 4.69) is 5.32 Å². The molecule has 0 heterocycles. The second-order valence-corrected chi connectivity index (χ2v) is 3.76. The molecular weight excluding hydrogens is 166 g/mol. The SMILES string of the molecule is O=C(CCC[OH2+])NC1CCCCC1. The van der Waals surface area contributed by atoms with Gasteiger partial charge in [0.25, 0.3) is 0 Å². The van der Waals surface area contributed by atoms with E-state index in [1.165, 1.54) is 19.3 Å². The Morgan fingerprint density at radius 3 is 2.62 bits per heavy atom. The van der Waals surface area contributed by atoms with E-state index in [0.717, 1.165) is 12.8 Å². The Labute approximate surface area is 79.5 Å². The van der Waals surface area contributed by atoms with Crippen molar-refractivity contribution in [3.8, 4) is 0 Å². The van der Waals surface area contributed by atoms with Crippen LogP contribution in [0.5, 0.6) is 0 Å². The second kappa shape index (κ2) is 5.97. The normalized spacial score (nSPS) is 18.5. The van der Waals surface area contributed by atoms with Gasteiger partial charge in [-0.3, -0.25) is 4.79 Å². The van der Waals surface area contributed by atoms with E-state index in [9.17, 15) is 4.79 Å². The van der Waals surface area contributed by atoms with Crippen LogP contribution in [-0.2, 0) is 4.79 Å². The van der Waals surface area contributed by atoms with Crippen molar-refractivity contribution in [2.24, 2.45) is 0 Å². The van der Waals surface area contributed by atoms with E-state index in [4.69, 9.17) is 5.11 Å². The first-order valence-corrected chi connectivity index (χ1v) is 5.27. The van der Waals surface area contributed by atoms with Gasteiger partial charge in [0.05, 0.1) is 0 Å². The number of hydrogen-bond donors (Lipinski definition) is 1. The Balaban J connectivity index is 2.11. The highest BCUT2D eigenvalue weighted by molar-refractivity contribution is 5.76. The van der Waals surface area contributed by atoms with Crippen LogP contribution >= 0.6 is 0 Å². The van der Waals surface area contributed by atoms with Crippen LogP contribution in [-0.4, -0.2) is 23.7 Å². The van der Waals surface area contributed by atoms with Gasteiger partial charge in [0.1, 0.15) is 6.61 Å². The summed E-state index contributed by atoms with van der Waals surface area (Å²) in [5.41, 5.74) is 0. The van der Waals surface area contributed by atoms with Gasteiger partial charge in [-0.2, -0.15) is 0 Å². The zero-order valence-corrected chi connectivity index (χ0v) is 8.14. The topological polar surface area (TPSA) is 52.0 Å². The molecule has 0 bridgehead atoms. The van der Waals surface area contributed by atoms with Crippen LogP contribution in [0, 0.1) is 0 Å². The molecular formula is C10H20NO2+. The van der Waals surface area contributed by atoms with Crippen LogP contribution in [0.25, 0.3) is 0 Å². The fourth-order valence-corrected chi connectivity index (χ4v) is 1.80. The van der Waals surface area contributed by atoms with Gasteiger partial charge in [0.15, 0.2) is 0 Å². The van der Waals surface area contributed by atoms with Crippen LogP contribution in [0.1, 0.15) is 44.9 Å². The van der Waals surface area contributed by atoms with Crippen molar-refractivity contribution in [1.82, 2.24) is 5.32 Å². The predicted octanol–water partition coefficient (Wildman–Crippen LogP) is 0.940. The summed E-state index contributed by atoms with van der Waals surface area (Å²) < 4.78 is 0. The van der Waals surface area contributed by atoms with Crippen molar-refractivity contribution in [1.29, 1.82) is 0 Å². The molecule has 1 aliphatic carbocycles. The Morgan fingerprint density at radius 1 is 1.31 bits per heavy atom.